The first-order valence-electron chi connectivity index (χ1n) is 8.51. The number of hydrogen-bond acceptors (Lipinski definition) is 4. The lowest BCUT2D eigenvalue weighted by atomic mass is 10.1. The Labute approximate surface area is 133 Å². The highest BCUT2D eigenvalue weighted by molar-refractivity contribution is 7.15. The van der Waals surface area contributed by atoms with Crippen molar-refractivity contribution in [3.05, 3.63) is 10.6 Å². The summed E-state index contributed by atoms with van der Waals surface area (Å²) in [6.45, 7) is 12.5. The van der Waals surface area contributed by atoms with Gasteiger partial charge in [0.25, 0.3) is 0 Å². The Hall–Kier alpha value is -0.610. The van der Waals surface area contributed by atoms with E-state index in [0.717, 1.165) is 24.9 Å². The van der Waals surface area contributed by atoms with Gasteiger partial charge in [0.15, 0.2) is 5.13 Å². The number of anilines is 1. The van der Waals surface area contributed by atoms with Crippen LogP contribution in [0.1, 0.15) is 63.4 Å². The molecule has 118 valence electrons. The lowest BCUT2D eigenvalue weighted by molar-refractivity contribution is 0.553. The summed E-state index contributed by atoms with van der Waals surface area (Å²) in [5, 5.41) is 4.87. The zero-order valence-corrected chi connectivity index (χ0v) is 14.7. The molecule has 1 aromatic heterocycles. The van der Waals surface area contributed by atoms with Crippen molar-refractivity contribution >= 4 is 16.5 Å². The van der Waals surface area contributed by atoms with Crippen molar-refractivity contribution < 1.29 is 0 Å². The van der Waals surface area contributed by atoms with Crippen LogP contribution in [-0.4, -0.2) is 24.1 Å². The number of nitrogens with one attached hydrogen (secondary N) is 1. The summed E-state index contributed by atoms with van der Waals surface area (Å²) in [5.41, 5.74) is 1.40. The molecule has 1 aromatic rings. The van der Waals surface area contributed by atoms with Crippen molar-refractivity contribution in [3.63, 3.8) is 0 Å². The lowest BCUT2D eigenvalue weighted by Gasteiger charge is -2.20. The molecule has 1 saturated heterocycles. The van der Waals surface area contributed by atoms with E-state index >= 15 is 0 Å². The molecule has 0 radical (unpaired) electrons. The second-order valence-corrected chi connectivity index (χ2v) is 8.51. The second-order valence-electron chi connectivity index (χ2n) is 7.45. The molecule has 0 spiro atoms. The largest absolute Gasteiger partial charge is 0.345 e. The second kappa shape index (κ2) is 6.25. The summed E-state index contributed by atoms with van der Waals surface area (Å²) in [6.07, 6.45) is 3.98. The van der Waals surface area contributed by atoms with Crippen LogP contribution in [0.3, 0.4) is 0 Å². The summed E-state index contributed by atoms with van der Waals surface area (Å²) in [7, 11) is 0. The molecule has 3 nitrogen and oxygen atoms in total. The predicted octanol–water partition coefficient (Wildman–Crippen LogP) is 4.00. The standard InChI is InChI=1S/C17H29N3S/c1-11(2)8-18-9-15-16(14-5-6-14)19-17(21-15)20-10-12(3)7-13(20)4/h11-14,18H,5-10H2,1-4H3. The maximum Gasteiger partial charge on any atom is 0.186 e. The molecule has 0 bridgehead atoms. The smallest absolute Gasteiger partial charge is 0.186 e. The van der Waals surface area contributed by atoms with Gasteiger partial charge >= 0.3 is 0 Å². The molecule has 2 unspecified atom stereocenters. The maximum absolute atomic E-state index is 5.04. The Bertz CT molecular complexity index is 478. The third kappa shape index (κ3) is 3.59. The van der Waals surface area contributed by atoms with Crippen molar-refractivity contribution in [2.24, 2.45) is 11.8 Å². The normalized spacial score (nSPS) is 26.0. The Balaban J connectivity index is 1.73. The highest BCUT2D eigenvalue weighted by Gasteiger charge is 2.33. The van der Waals surface area contributed by atoms with Crippen LogP contribution >= 0.6 is 11.3 Å². The third-order valence-corrected chi connectivity index (χ3v) is 5.66. The Morgan fingerprint density at radius 1 is 1.33 bits per heavy atom. The fourth-order valence-electron chi connectivity index (χ4n) is 3.32. The minimum Gasteiger partial charge on any atom is -0.345 e. The highest BCUT2D eigenvalue weighted by Crippen LogP contribution is 2.45. The molecule has 1 aliphatic carbocycles. The van der Waals surface area contributed by atoms with Gasteiger partial charge in [-0.3, -0.25) is 0 Å². The van der Waals surface area contributed by atoms with Gasteiger partial charge in [-0.2, -0.15) is 0 Å². The summed E-state index contributed by atoms with van der Waals surface area (Å²) in [5.74, 6) is 2.26. The molecule has 2 atom stereocenters. The lowest BCUT2D eigenvalue weighted by Crippen LogP contribution is -2.26. The van der Waals surface area contributed by atoms with E-state index in [1.807, 2.05) is 11.3 Å². The molecule has 2 aliphatic rings. The van der Waals surface area contributed by atoms with Gasteiger partial charge in [-0.1, -0.05) is 20.8 Å². The minimum absolute atomic E-state index is 0.648. The van der Waals surface area contributed by atoms with E-state index in [0.29, 0.717) is 12.0 Å². The zero-order valence-electron chi connectivity index (χ0n) is 13.9. The van der Waals surface area contributed by atoms with Crippen molar-refractivity contribution in [2.75, 3.05) is 18.0 Å². The summed E-state index contributed by atoms with van der Waals surface area (Å²) in [4.78, 5) is 9.06. The van der Waals surface area contributed by atoms with Crippen molar-refractivity contribution in [1.82, 2.24) is 10.3 Å². The van der Waals surface area contributed by atoms with Gasteiger partial charge in [-0.05, 0) is 44.6 Å². The molecule has 2 fully saturated rings. The molecule has 3 rings (SSSR count). The van der Waals surface area contributed by atoms with Gasteiger partial charge in [0.1, 0.15) is 0 Å². The maximum atomic E-state index is 5.04. The average Bonchev–Trinajstić information content (AvgIpc) is 3.08. The fourth-order valence-corrected chi connectivity index (χ4v) is 4.54. The first kappa shape index (κ1) is 15.3. The van der Waals surface area contributed by atoms with E-state index in [2.05, 4.69) is 37.9 Å². The molecule has 21 heavy (non-hydrogen) atoms. The van der Waals surface area contributed by atoms with Gasteiger partial charge in [-0.15, -0.1) is 11.3 Å². The van der Waals surface area contributed by atoms with Crippen LogP contribution in [0.4, 0.5) is 5.13 Å². The predicted molar refractivity (Wildman–Crippen MR) is 91.2 cm³/mol. The molecule has 2 heterocycles. The van der Waals surface area contributed by atoms with Gasteiger partial charge in [0.2, 0.25) is 0 Å². The topological polar surface area (TPSA) is 28.2 Å². The van der Waals surface area contributed by atoms with Crippen LogP contribution < -0.4 is 10.2 Å². The molecule has 4 heteroatoms. The Kier molecular flexibility index (Phi) is 4.55. The minimum atomic E-state index is 0.648. The summed E-state index contributed by atoms with van der Waals surface area (Å²) < 4.78 is 0. The van der Waals surface area contributed by atoms with Crippen LogP contribution in [-0.2, 0) is 6.54 Å². The monoisotopic (exact) mass is 307 g/mol. The molecular formula is C17H29N3S. The Morgan fingerprint density at radius 3 is 2.67 bits per heavy atom. The van der Waals surface area contributed by atoms with E-state index in [4.69, 9.17) is 4.98 Å². The van der Waals surface area contributed by atoms with Gasteiger partial charge in [-0.25, -0.2) is 4.98 Å². The number of aromatic nitrogens is 1. The van der Waals surface area contributed by atoms with E-state index in [1.54, 1.807) is 0 Å². The number of nitrogens with zero attached hydrogens (tertiary/aromatic N) is 2. The SMILES string of the molecule is CC(C)CNCc1sc(N2CC(C)CC2C)nc1C1CC1. The number of thiazole rings is 1. The van der Waals surface area contributed by atoms with Crippen LogP contribution in [0.5, 0.6) is 0 Å². The van der Waals surface area contributed by atoms with Crippen LogP contribution in [0, 0.1) is 11.8 Å². The van der Waals surface area contributed by atoms with Crippen molar-refractivity contribution in [3.8, 4) is 0 Å². The van der Waals surface area contributed by atoms with Crippen molar-refractivity contribution in [2.45, 2.75) is 65.5 Å². The van der Waals surface area contributed by atoms with Gasteiger partial charge in [0.05, 0.1) is 5.69 Å². The van der Waals surface area contributed by atoms with E-state index in [-0.39, 0.29) is 0 Å². The fraction of sp³-hybridized carbons (Fsp3) is 0.824. The number of rotatable bonds is 6. The molecule has 1 N–H and O–H groups in total. The number of hydrogen-bond donors (Lipinski definition) is 1. The van der Waals surface area contributed by atoms with Crippen LogP contribution in [0.15, 0.2) is 0 Å². The van der Waals surface area contributed by atoms with Gasteiger partial charge < -0.3 is 10.2 Å². The van der Waals surface area contributed by atoms with Crippen molar-refractivity contribution in [1.29, 1.82) is 0 Å². The molecule has 1 saturated carbocycles. The quantitative estimate of drug-likeness (QED) is 0.861. The Morgan fingerprint density at radius 2 is 2.10 bits per heavy atom. The molecule has 1 aliphatic heterocycles. The van der Waals surface area contributed by atoms with Crippen LogP contribution in [0.2, 0.25) is 0 Å². The molecule has 0 aromatic carbocycles. The third-order valence-electron chi connectivity index (χ3n) is 4.55. The molecule has 0 amide bonds. The van der Waals surface area contributed by atoms with E-state index in [9.17, 15) is 0 Å². The highest BCUT2D eigenvalue weighted by atomic mass is 32.1. The summed E-state index contributed by atoms with van der Waals surface area (Å²) in [6, 6.07) is 0.648. The first-order chi connectivity index (χ1) is 10.0. The van der Waals surface area contributed by atoms with Gasteiger partial charge in [0, 0.05) is 29.9 Å². The van der Waals surface area contributed by atoms with Crippen LogP contribution in [0.25, 0.3) is 0 Å². The summed E-state index contributed by atoms with van der Waals surface area (Å²) >= 11 is 1.93. The van der Waals surface area contributed by atoms with E-state index < -0.39 is 0 Å². The zero-order chi connectivity index (χ0) is 15.0. The molecular weight excluding hydrogens is 278 g/mol. The first-order valence-corrected chi connectivity index (χ1v) is 9.33. The van der Waals surface area contributed by atoms with E-state index in [1.165, 1.54) is 41.5 Å². The average molecular weight is 308 g/mol.